The molecule has 1 heterocycles. The number of hydrogen-bond donors (Lipinski definition) is 0. The van der Waals surface area contributed by atoms with Crippen LogP contribution in [0.5, 0.6) is 0 Å². The molecule has 0 fully saturated rings. The molecule has 0 saturated carbocycles. The van der Waals surface area contributed by atoms with Crippen LogP contribution in [0.4, 0.5) is 17.6 Å². The molecule has 1 aromatic carbocycles. The van der Waals surface area contributed by atoms with Gasteiger partial charge < -0.3 is 0 Å². The minimum atomic E-state index is -4.54. The van der Waals surface area contributed by atoms with Crippen LogP contribution in [0.3, 0.4) is 0 Å². The Morgan fingerprint density at radius 3 is 2.30 bits per heavy atom. The second-order valence-corrected chi connectivity index (χ2v) is 5.38. The van der Waals surface area contributed by atoms with Crippen molar-refractivity contribution in [3.63, 3.8) is 0 Å². The molecule has 0 atom stereocenters. The maximum atomic E-state index is 12.6. The van der Waals surface area contributed by atoms with E-state index < -0.39 is 17.7 Å². The van der Waals surface area contributed by atoms with Crippen LogP contribution in [0.2, 0.25) is 10.0 Å². The smallest absolute Gasteiger partial charge is 0.239 e. The van der Waals surface area contributed by atoms with Crippen LogP contribution >= 0.6 is 35.0 Å². The Hall–Kier alpha value is -0.920. The highest BCUT2D eigenvalue weighted by molar-refractivity contribution is 7.99. The summed E-state index contributed by atoms with van der Waals surface area (Å²) < 4.78 is 51.2. The van der Waals surface area contributed by atoms with Crippen LogP contribution < -0.4 is 0 Å². The molecule has 20 heavy (non-hydrogen) atoms. The molecule has 1 aromatic heterocycles. The molecule has 0 aliphatic rings. The summed E-state index contributed by atoms with van der Waals surface area (Å²) in [5, 5.41) is 3.97. The molecule has 0 aliphatic carbocycles. The van der Waals surface area contributed by atoms with Crippen molar-refractivity contribution < 1.29 is 17.6 Å². The van der Waals surface area contributed by atoms with Crippen molar-refractivity contribution in [3.8, 4) is 5.69 Å². The maximum absolute atomic E-state index is 12.6. The Morgan fingerprint density at radius 1 is 1.20 bits per heavy atom. The van der Waals surface area contributed by atoms with E-state index >= 15 is 0 Å². The molecule has 9 heteroatoms. The van der Waals surface area contributed by atoms with Gasteiger partial charge in [-0.3, -0.25) is 0 Å². The minimum Gasteiger partial charge on any atom is -0.239 e. The summed E-state index contributed by atoms with van der Waals surface area (Å²) in [6.07, 6.45) is -3.09. The van der Waals surface area contributed by atoms with Gasteiger partial charge in [0.1, 0.15) is 16.7 Å². The number of aromatic nitrogens is 2. The quantitative estimate of drug-likeness (QED) is 0.561. The fourth-order valence-electron chi connectivity index (χ4n) is 1.51. The second kappa shape index (κ2) is 5.83. The normalized spacial score (nSPS) is 11.9. The molecule has 2 aromatic rings. The van der Waals surface area contributed by atoms with Crippen molar-refractivity contribution in [1.29, 1.82) is 0 Å². The van der Waals surface area contributed by atoms with E-state index in [4.69, 9.17) is 23.2 Å². The highest BCUT2D eigenvalue weighted by Gasteiger charge is 2.32. The van der Waals surface area contributed by atoms with Crippen LogP contribution in [0.1, 0.15) is 5.56 Å². The number of alkyl halides is 4. The zero-order valence-corrected chi connectivity index (χ0v) is 11.9. The van der Waals surface area contributed by atoms with Gasteiger partial charge in [-0.05, 0) is 18.2 Å². The molecular weight excluding hydrogens is 339 g/mol. The maximum Gasteiger partial charge on any atom is 0.416 e. The summed E-state index contributed by atoms with van der Waals surface area (Å²) in [5.74, 6) is 0. The molecule has 2 nitrogen and oxygen atoms in total. The molecule has 0 saturated heterocycles. The minimum absolute atomic E-state index is 0.118. The van der Waals surface area contributed by atoms with Gasteiger partial charge in [-0.25, -0.2) is 9.07 Å². The van der Waals surface area contributed by atoms with Gasteiger partial charge in [-0.1, -0.05) is 35.0 Å². The van der Waals surface area contributed by atoms with Gasteiger partial charge in [-0.15, -0.1) is 0 Å². The van der Waals surface area contributed by atoms with Crippen molar-refractivity contribution in [2.24, 2.45) is 0 Å². The van der Waals surface area contributed by atoms with Gasteiger partial charge in [0.2, 0.25) is 0 Å². The predicted molar refractivity (Wildman–Crippen MR) is 70.4 cm³/mol. The molecule has 0 spiro atoms. The first kappa shape index (κ1) is 15.5. The molecule has 0 amide bonds. The molecular formula is C11H6Cl2F4N2S. The second-order valence-electron chi connectivity index (χ2n) is 3.64. The van der Waals surface area contributed by atoms with Crippen molar-refractivity contribution in [1.82, 2.24) is 9.78 Å². The Balaban J connectivity index is 2.46. The van der Waals surface area contributed by atoms with Crippen LogP contribution in [0.25, 0.3) is 5.69 Å². The third kappa shape index (κ3) is 3.21. The third-order valence-electron chi connectivity index (χ3n) is 2.34. The van der Waals surface area contributed by atoms with Crippen LogP contribution in [-0.4, -0.2) is 15.8 Å². The monoisotopic (exact) mass is 344 g/mol. The Labute approximate surface area is 125 Å². The average molecular weight is 345 g/mol. The first-order valence-corrected chi connectivity index (χ1v) is 6.88. The summed E-state index contributed by atoms with van der Waals surface area (Å²) in [6, 6.07) is 2.39. The number of nitrogens with zero attached hydrogens (tertiary/aromatic N) is 2. The zero-order valence-electron chi connectivity index (χ0n) is 9.59. The SMILES string of the molecule is FCSc1ccn(-c2c(Cl)cc(C(F)(F)F)cc2Cl)n1. The summed E-state index contributed by atoms with van der Waals surface area (Å²) in [5.41, 5.74) is -0.825. The molecule has 0 unspecified atom stereocenters. The highest BCUT2D eigenvalue weighted by Crippen LogP contribution is 2.37. The van der Waals surface area contributed by atoms with Crippen LogP contribution in [0, 0.1) is 0 Å². The van der Waals surface area contributed by atoms with E-state index in [1.54, 1.807) is 0 Å². The average Bonchev–Trinajstić information content (AvgIpc) is 2.76. The van der Waals surface area contributed by atoms with E-state index in [9.17, 15) is 17.6 Å². The van der Waals surface area contributed by atoms with E-state index in [1.165, 1.54) is 16.9 Å². The van der Waals surface area contributed by atoms with E-state index in [0.717, 1.165) is 23.9 Å². The molecule has 108 valence electrons. The van der Waals surface area contributed by atoms with Gasteiger partial charge in [0, 0.05) is 6.20 Å². The van der Waals surface area contributed by atoms with E-state index in [2.05, 4.69) is 5.10 Å². The number of benzene rings is 1. The largest absolute Gasteiger partial charge is 0.416 e. The zero-order chi connectivity index (χ0) is 14.9. The third-order valence-corrected chi connectivity index (χ3v) is 3.54. The van der Waals surface area contributed by atoms with Gasteiger partial charge >= 0.3 is 6.18 Å². The number of rotatable bonds is 3. The fraction of sp³-hybridized carbons (Fsp3) is 0.182. The molecule has 0 aliphatic heterocycles. The van der Waals surface area contributed by atoms with Crippen LogP contribution in [-0.2, 0) is 6.18 Å². The van der Waals surface area contributed by atoms with Crippen molar-refractivity contribution in [2.75, 3.05) is 6.01 Å². The van der Waals surface area contributed by atoms with Crippen molar-refractivity contribution in [2.45, 2.75) is 11.2 Å². The summed E-state index contributed by atoms with van der Waals surface area (Å²) in [6.45, 7) is 0. The summed E-state index contributed by atoms with van der Waals surface area (Å²) in [4.78, 5) is 0. The number of halogens is 6. The highest BCUT2D eigenvalue weighted by atomic mass is 35.5. The standard InChI is InChI=1S/C11H6Cl2F4N2S/c12-7-3-6(11(15,16)17)4-8(13)10(7)19-2-1-9(18-19)20-5-14/h1-4H,5H2. The van der Waals surface area contributed by atoms with E-state index in [1.807, 2.05) is 0 Å². The topological polar surface area (TPSA) is 17.8 Å². The first-order valence-electron chi connectivity index (χ1n) is 5.14. The van der Waals surface area contributed by atoms with Gasteiger partial charge in [0.25, 0.3) is 0 Å². The number of hydrogen-bond acceptors (Lipinski definition) is 2. The molecule has 2 rings (SSSR count). The fourth-order valence-corrected chi connectivity index (χ4v) is 2.59. The predicted octanol–water partition coefficient (Wildman–Crippen LogP) is 5.22. The van der Waals surface area contributed by atoms with Crippen molar-refractivity contribution in [3.05, 3.63) is 40.0 Å². The Kier molecular flexibility index (Phi) is 4.51. The lowest BCUT2D eigenvalue weighted by atomic mass is 10.2. The molecule has 0 N–H and O–H groups in total. The van der Waals surface area contributed by atoms with Gasteiger partial charge in [-0.2, -0.15) is 18.3 Å². The first-order chi connectivity index (χ1) is 9.32. The Bertz CT molecular complexity index is 604. The van der Waals surface area contributed by atoms with Crippen molar-refractivity contribution >= 4 is 35.0 Å². The van der Waals surface area contributed by atoms with Crippen LogP contribution in [0.15, 0.2) is 29.4 Å². The van der Waals surface area contributed by atoms with Gasteiger partial charge in [0.15, 0.2) is 0 Å². The molecule has 0 radical (unpaired) electrons. The number of thioether (sulfide) groups is 1. The lowest BCUT2D eigenvalue weighted by Crippen LogP contribution is -2.07. The summed E-state index contributed by atoms with van der Waals surface area (Å²) >= 11 is 12.5. The molecule has 0 bridgehead atoms. The Morgan fingerprint density at radius 2 is 1.80 bits per heavy atom. The van der Waals surface area contributed by atoms with Gasteiger partial charge in [0.05, 0.1) is 15.6 Å². The lowest BCUT2D eigenvalue weighted by molar-refractivity contribution is -0.137. The summed E-state index contributed by atoms with van der Waals surface area (Å²) in [7, 11) is 0. The van der Waals surface area contributed by atoms with E-state index in [0.29, 0.717) is 5.03 Å². The van der Waals surface area contributed by atoms with E-state index in [-0.39, 0.29) is 15.7 Å². The lowest BCUT2D eigenvalue weighted by Gasteiger charge is -2.12.